The van der Waals surface area contributed by atoms with Crippen molar-refractivity contribution in [3.63, 3.8) is 0 Å². The number of amides is 1. The number of hydrogen-bond donors (Lipinski definition) is 2. The first kappa shape index (κ1) is 19.1. The van der Waals surface area contributed by atoms with Gasteiger partial charge in [0.25, 0.3) is 0 Å². The average molecular weight is 316 g/mol. The van der Waals surface area contributed by atoms with Crippen LogP contribution in [0.3, 0.4) is 0 Å². The molecule has 0 radical (unpaired) electrons. The summed E-state index contributed by atoms with van der Waals surface area (Å²) in [5.41, 5.74) is 1.76. The van der Waals surface area contributed by atoms with Crippen LogP contribution in [-0.2, 0) is 11.3 Å². The van der Waals surface area contributed by atoms with E-state index in [1.807, 2.05) is 32.9 Å². The molecule has 0 atom stereocenters. The van der Waals surface area contributed by atoms with E-state index in [4.69, 9.17) is 4.74 Å². The molecule has 0 aliphatic rings. The van der Waals surface area contributed by atoms with Crippen LogP contribution in [0.1, 0.15) is 52.7 Å². The summed E-state index contributed by atoms with van der Waals surface area (Å²) in [7, 11) is 0. The summed E-state index contributed by atoms with van der Waals surface area (Å²) in [6.45, 7) is 13.0. The van der Waals surface area contributed by atoms with Gasteiger partial charge < -0.3 is 15.4 Å². The molecule has 126 valence electrons. The molecule has 0 bridgehead atoms. The van der Waals surface area contributed by atoms with E-state index in [1.54, 1.807) is 0 Å². The van der Waals surface area contributed by atoms with Crippen LogP contribution in [0.15, 0.2) is 24.3 Å². The lowest BCUT2D eigenvalue weighted by atomic mass is 10.1. The third-order valence-corrected chi connectivity index (χ3v) is 2.73. The lowest BCUT2D eigenvalue weighted by Gasteiger charge is -2.20. The van der Waals surface area contributed by atoms with E-state index in [0.29, 0.717) is 0 Å². The van der Waals surface area contributed by atoms with Crippen LogP contribution in [0.4, 0.5) is 4.79 Å². The Morgan fingerprint density at radius 1 is 1.09 bits per heavy atom. The van der Waals surface area contributed by atoms with Gasteiger partial charge in [-0.15, -0.1) is 0 Å². The highest BCUT2D eigenvalue weighted by atomic mass is 16.6. The van der Waals surface area contributed by atoms with Crippen LogP contribution >= 0.6 is 0 Å². The molecule has 2 N–H and O–H groups in total. The second-order valence-electron chi connectivity index (χ2n) is 7.46. The van der Waals surface area contributed by atoms with E-state index in [9.17, 15) is 4.79 Å². The minimum absolute atomic E-state index is 0.103. The van der Waals surface area contributed by atoms with Gasteiger partial charge in [0, 0.05) is 17.6 Å². The minimum atomic E-state index is -0.492. The maximum Gasteiger partial charge on any atom is 0.408 e. The van der Waals surface area contributed by atoms with Crippen LogP contribution in [0.25, 0.3) is 0 Å². The average Bonchev–Trinajstić information content (AvgIpc) is 2.40. The molecule has 0 saturated heterocycles. The number of nitrogens with one attached hydrogen (secondary N) is 2. The quantitative estimate of drug-likeness (QED) is 0.840. The van der Waals surface area contributed by atoms with Gasteiger partial charge in [-0.1, -0.05) is 24.0 Å². The van der Waals surface area contributed by atoms with Gasteiger partial charge in [0.1, 0.15) is 5.60 Å². The molecule has 4 heteroatoms. The predicted octanol–water partition coefficient (Wildman–Crippen LogP) is 3.45. The lowest BCUT2D eigenvalue weighted by Crippen LogP contribution is -2.35. The molecule has 0 fully saturated rings. The Labute approximate surface area is 140 Å². The standard InChI is InChI=1S/C19H28N2O2/c1-18(2,3)21-14-16-11-9-15(10-12-16)8-7-13-20-17(22)23-19(4,5)6/h9-12,21H,13-14H2,1-6H3,(H,20,22). The van der Waals surface area contributed by atoms with Gasteiger partial charge in [-0.2, -0.15) is 0 Å². The summed E-state index contributed by atoms with van der Waals surface area (Å²) < 4.78 is 5.14. The summed E-state index contributed by atoms with van der Waals surface area (Å²) in [6.07, 6.45) is -0.449. The van der Waals surface area contributed by atoms with E-state index in [-0.39, 0.29) is 12.1 Å². The van der Waals surface area contributed by atoms with Crippen molar-refractivity contribution >= 4 is 6.09 Å². The fourth-order valence-corrected chi connectivity index (χ4v) is 1.65. The Bertz CT molecular complexity index is 567. The van der Waals surface area contributed by atoms with E-state index < -0.39 is 11.7 Å². The molecule has 1 rings (SSSR count). The number of hydrogen-bond acceptors (Lipinski definition) is 3. The van der Waals surface area contributed by atoms with Gasteiger partial charge in [0.2, 0.25) is 0 Å². The number of benzene rings is 1. The highest BCUT2D eigenvalue weighted by Gasteiger charge is 2.15. The maximum absolute atomic E-state index is 11.5. The molecule has 1 amide bonds. The Kier molecular flexibility index (Phi) is 6.65. The lowest BCUT2D eigenvalue weighted by molar-refractivity contribution is 0.0535. The zero-order valence-corrected chi connectivity index (χ0v) is 15.0. The van der Waals surface area contributed by atoms with Gasteiger partial charge in [0.15, 0.2) is 0 Å². The molecule has 0 heterocycles. The van der Waals surface area contributed by atoms with Crippen molar-refractivity contribution in [1.29, 1.82) is 0 Å². The molecule has 0 aromatic heterocycles. The molecule has 4 nitrogen and oxygen atoms in total. The molecule has 0 aliphatic heterocycles. The van der Waals surface area contributed by atoms with Gasteiger partial charge in [-0.25, -0.2) is 4.79 Å². The van der Waals surface area contributed by atoms with Crippen molar-refractivity contribution in [1.82, 2.24) is 10.6 Å². The van der Waals surface area contributed by atoms with Crippen molar-refractivity contribution in [3.8, 4) is 11.8 Å². The van der Waals surface area contributed by atoms with Crippen LogP contribution in [-0.4, -0.2) is 23.8 Å². The van der Waals surface area contributed by atoms with E-state index in [1.165, 1.54) is 5.56 Å². The summed E-state index contributed by atoms with van der Waals surface area (Å²) in [4.78, 5) is 11.5. The molecule has 0 unspecified atom stereocenters. The van der Waals surface area contributed by atoms with E-state index in [0.717, 1.165) is 12.1 Å². The Balaban J connectivity index is 2.43. The molecule has 0 spiro atoms. The molecule has 0 aliphatic carbocycles. The van der Waals surface area contributed by atoms with Crippen LogP contribution < -0.4 is 10.6 Å². The Hall–Kier alpha value is -1.99. The smallest absolute Gasteiger partial charge is 0.408 e. The fraction of sp³-hybridized carbons (Fsp3) is 0.526. The van der Waals surface area contributed by atoms with E-state index in [2.05, 4.69) is 55.4 Å². The van der Waals surface area contributed by atoms with Gasteiger partial charge in [-0.3, -0.25) is 0 Å². The largest absolute Gasteiger partial charge is 0.444 e. The number of carbonyl (C=O) groups is 1. The van der Waals surface area contributed by atoms with Gasteiger partial charge in [-0.05, 0) is 59.2 Å². The minimum Gasteiger partial charge on any atom is -0.444 e. The SMILES string of the molecule is CC(C)(C)NCc1ccc(C#CCNC(=O)OC(C)(C)C)cc1. The number of rotatable bonds is 3. The van der Waals surface area contributed by atoms with Crippen LogP contribution in [0.5, 0.6) is 0 Å². The van der Waals surface area contributed by atoms with Gasteiger partial charge >= 0.3 is 6.09 Å². The molecule has 0 saturated carbocycles. The molecular weight excluding hydrogens is 288 g/mol. The van der Waals surface area contributed by atoms with Crippen molar-refractivity contribution in [3.05, 3.63) is 35.4 Å². The summed E-state index contributed by atoms with van der Waals surface area (Å²) in [6, 6.07) is 8.09. The fourth-order valence-electron chi connectivity index (χ4n) is 1.65. The molecule has 1 aromatic rings. The summed E-state index contributed by atoms with van der Waals surface area (Å²) >= 11 is 0. The predicted molar refractivity (Wildman–Crippen MR) is 94.1 cm³/mol. The molecule has 1 aromatic carbocycles. The Morgan fingerprint density at radius 3 is 2.22 bits per heavy atom. The first-order chi connectivity index (χ1) is 10.6. The van der Waals surface area contributed by atoms with Crippen molar-refractivity contribution in [2.45, 2.75) is 59.2 Å². The number of ether oxygens (including phenoxy) is 1. The van der Waals surface area contributed by atoms with Crippen LogP contribution in [0.2, 0.25) is 0 Å². The maximum atomic E-state index is 11.5. The van der Waals surface area contributed by atoms with Gasteiger partial charge in [0.05, 0.1) is 6.54 Å². The number of carbonyl (C=O) groups excluding carboxylic acids is 1. The van der Waals surface area contributed by atoms with Crippen LogP contribution in [0, 0.1) is 11.8 Å². The summed E-state index contributed by atoms with van der Waals surface area (Å²) in [5, 5.41) is 6.06. The highest BCUT2D eigenvalue weighted by molar-refractivity contribution is 5.68. The van der Waals surface area contributed by atoms with E-state index >= 15 is 0 Å². The molecular formula is C19H28N2O2. The zero-order chi connectivity index (χ0) is 17.5. The third kappa shape index (κ3) is 9.59. The monoisotopic (exact) mass is 316 g/mol. The summed E-state index contributed by atoms with van der Waals surface area (Å²) in [5.74, 6) is 5.94. The Morgan fingerprint density at radius 2 is 1.70 bits per heavy atom. The first-order valence-corrected chi connectivity index (χ1v) is 7.85. The van der Waals surface area contributed by atoms with Crippen molar-refractivity contribution in [2.24, 2.45) is 0 Å². The van der Waals surface area contributed by atoms with Crippen molar-refractivity contribution in [2.75, 3.05) is 6.54 Å². The normalized spacial score (nSPS) is 11.4. The topological polar surface area (TPSA) is 50.4 Å². The third-order valence-electron chi connectivity index (χ3n) is 2.73. The number of alkyl carbamates (subject to hydrolysis) is 1. The second kappa shape index (κ2) is 8.03. The van der Waals surface area contributed by atoms with Crippen molar-refractivity contribution < 1.29 is 9.53 Å². The second-order valence-corrected chi connectivity index (χ2v) is 7.46. The zero-order valence-electron chi connectivity index (χ0n) is 15.0. The first-order valence-electron chi connectivity index (χ1n) is 7.85. The molecule has 23 heavy (non-hydrogen) atoms. The highest BCUT2D eigenvalue weighted by Crippen LogP contribution is 2.07.